The highest BCUT2D eigenvalue weighted by molar-refractivity contribution is 7.86. The van der Waals surface area contributed by atoms with Crippen molar-refractivity contribution in [3.05, 3.63) is 40.4 Å². The van der Waals surface area contributed by atoms with Crippen molar-refractivity contribution >= 4 is 32.3 Å². The fraction of sp³-hybridized carbons (Fsp3) is 0. The second kappa shape index (κ2) is 3.93. The molecule has 0 unspecified atom stereocenters. The van der Waals surface area contributed by atoms with E-state index in [0.29, 0.717) is 0 Å². The van der Waals surface area contributed by atoms with Crippen molar-refractivity contribution in [3.8, 4) is 0 Å². The van der Waals surface area contributed by atoms with E-state index in [0.717, 1.165) is 12.1 Å². The molecule has 2 aromatic carbocycles. The van der Waals surface area contributed by atoms with Crippen molar-refractivity contribution in [3.63, 3.8) is 0 Å². The number of benzene rings is 2. The van der Waals surface area contributed by atoms with Crippen LogP contribution in [0, 0.1) is 10.1 Å². The molecule has 0 radical (unpaired) electrons. The lowest BCUT2D eigenvalue weighted by molar-refractivity contribution is -0.383. The Morgan fingerprint density at radius 1 is 1.22 bits per heavy atom. The van der Waals surface area contributed by atoms with Gasteiger partial charge >= 0.3 is 0 Å². The molecular weight excluding hydrogens is 260 g/mol. The molecule has 0 heterocycles. The summed E-state index contributed by atoms with van der Waals surface area (Å²) in [5.41, 5.74) is 5.23. The third-order valence-electron chi connectivity index (χ3n) is 2.43. The van der Waals surface area contributed by atoms with Crippen LogP contribution in [0.5, 0.6) is 0 Å². The molecule has 18 heavy (non-hydrogen) atoms. The highest BCUT2D eigenvalue weighted by Crippen LogP contribution is 2.32. The minimum atomic E-state index is -4.47. The van der Waals surface area contributed by atoms with E-state index in [1.165, 1.54) is 18.2 Å². The molecule has 0 aliphatic carbocycles. The molecule has 2 rings (SSSR count). The van der Waals surface area contributed by atoms with Crippen LogP contribution < -0.4 is 5.73 Å². The number of nitro benzene ring substituents is 1. The second-order valence-electron chi connectivity index (χ2n) is 3.62. The maximum Gasteiger partial charge on any atom is 0.295 e. The summed E-state index contributed by atoms with van der Waals surface area (Å²) >= 11 is 0. The minimum absolute atomic E-state index is 0.0201. The summed E-state index contributed by atoms with van der Waals surface area (Å²) in [4.78, 5) is 9.80. The van der Waals surface area contributed by atoms with Crippen LogP contribution in [0.25, 0.3) is 10.8 Å². The van der Waals surface area contributed by atoms with E-state index in [4.69, 9.17) is 10.3 Å². The van der Waals surface area contributed by atoms with Crippen LogP contribution in [0.15, 0.2) is 35.2 Å². The van der Waals surface area contributed by atoms with E-state index in [1.807, 2.05) is 0 Å². The molecule has 94 valence electrons. The fourth-order valence-corrected chi connectivity index (χ4v) is 2.43. The number of nitrogens with zero attached hydrogens (tertiary/aromatic N) is 1. The van der Waals surface area contributed by atoms with Crippen molar-refractivity contribution in [2.45, 2.75) is 4.90 Å². The van der Waals surface area contributed by atoms with E-state index in [1.54, 1.807) is 0 Å². The van der Waals surface area contributed by atoms with Gasteiger partial charge in [-0.15, -0.1) is 0 Å². The Kier molecular flexibility index (Phi) is 2.68. The number of hydrogen-bond donors (Lipinski definition) is 2. The molecular formula is C10H8N2O5S. The highest BCUT2D eigenvalue weighted by Gasteiger charge is 2.19. The van der Waals surface area contributed by atoms with Crippen LogP contribution in [0.3, 0.4) is 0 Å². The number of rotatable bonds is 2. The number of hydrogen-bond acceptors (Lipinski definition) is 5. The van der Waals surface area contributed by atoms with Crippen molar-refractivity contribution in [2.75, 3.05) is 5.73 Å². The first kappa shape index (κ1) is 12.3. The molecule has 3 N–H and O–H groups in total. The minimum Gasteiger partial charge on any atom is -0.399 e. The predicted octanol–water partition coefficient (Wildman–Crippen LogP) is 1.58. The van der Waals surface area contributed by atoms with E-state index in [9.17, 15) is 18.5 Å². The monoisotopic (exact) mass is 268 g/mol. The Labute approximate surface area is 102 Å². The second-order valence-corrected chi connectivity index (χ2v) is 5.01. The molecule has 2 aromatic rings. The Balaban J connectivity index is 3.00. The van der Waals surface area contributed by atoms with Gasteiger partial charge in [0.25, 0.3) is 15.8 Å². The molecule has 8 heteroatoms. The molecule has 0 aliphatic rings. The first-order valence-electron chi connectivity index (χ1n) is 4.75. The fourth-order valence-electron chi connectivity index (χ4n) is 1.74. The summed E-state index contributed by atoms with van der Waals surface area (Å²) in [6, 6.07) is 6.26. The normalized spacial score (nSPS) is 11.6. The number of non-ortho nitro benzene ring substituents is 1. The quantitative estimate of drug-likeness (QED) is 0.369. The van der Waals surface area contributed by atoms with Crippen LogP contribution in [-0.2, 0) is 10.1 Å². The van der Waals surface area contributed by atoms with E-state index >= 15 is 0 Å². The Hall–Kier alpha value is -2.19. The number of nitrogens with two attached hydrogens (primary N) is 1. The van der Waals surface area contributed by atoms with E-state index in [-0.39, 0.29) is 22.1 Å². The van der Waals surface area contributed by atoms with Crippen LogP contribution in [-0.4, -0.2) is 17.9 Å². The maximum absolute atomic E-state index is 11.2. The summed E-state index contributed by atoms with van der Waals surface area (Å²) in [7, 11) is -4.47. The largest absolute Gasteiger partial charge is 0.399 e. The van der Waals surface area contributed by atoms with Crippen LogP contribution in [0.2, 0.25) is 0 Å². The van der Waals surface area contributed by atoms with Crippen molar-refractivity contribution in [1.29, 1.82) is 0 Å². The third-order valence-corrected chi connectivity index (χ3v) is 3.34. The molecule has 0 spiro atoms. The Bertz CT molecular complexity index is 754. The molecule has 7 nitrogen and oxygen atoms in total. The lowest BCUT2D eigenvalue weighted by atomic mass is 10.1. The molecule has 0 fully saturated rings. The summed E-state index contributed by atoms with van der Waals surface area (Å²) in [5.74, 6) is 0. The van der Waals surface area contributed by atoms with Crippen LogP contribution in [0.4, 0.5) is 11.4 Å². The Morgan fingerprint density at radius 3 is 2.44 bits per heavy atom. The lowest BCUT2D eigenvalue weighted by Gasteiger charge is -2.05. The van der Waals surface area contributed by atoms with Gasteiger partial charge in [-0.2, -0.15) is 8.42 Å². The number of fused-ring (bicyclic) bond motifs is 1. The van der Waals surface area contributed by atoms with Gasteiger partial charge in [0.2, 0.25) is 0 Å². The summed E-state index contributed by atoms with van der Waals surface area (Å²) < 4.78 is 31.4. The summed E-state index contributed by atoms with van der Waals surface area (Å²) in [5, 5.41) is 11.0. The van der Waals surface area contributed by atoms with Crippen LogP contribution in [0.1, 0.15) is 0 Å². The van der Waals surface area contributed by atoms with Gasteiger partial charge < -0.3 is 5.73 Å². The lowest BCUT2D eigenvalue weighted by Crippen LogP contribution is -2.01. The van der Waals surface area contributed by atoms with Gasteiger partial charge in [-0.1, -0.05) is 6.07 Å². The summed E-state index contributed by atoms with van der Waals surface area (Å²) in [6.45, 7) is 0. The predicted molar refractivity (Wildman–Crippen MR) is 64.8 cm³/mol. The number of anilines is 1. The first-order valence-corrected chi connectivity index (χ1v) is 6.19. The average molecular weight is 268 g/mol. The van der Waals surface area contributed by atoms with Crippen molar-refractivity contribution in [1.82, 2.24) is 0 Å². The maximum atomic E-state index is 11.2. The standard InChI is InChI=1S/C10H8N2O5S/c11-6-4-8-7(9(5-6)12(13)14)2-1-3-10(8)18(15,16)17/h1-5H,11H2,(H,15,16,17). The molecule has 0 aliphatic heterocycles. The van der Waals surface area contributed by atoms with E-state index in [2.05, 4.69) is 0 Å². The molecule has 0 aromatic heterocycles. The van der Waals surface area contributed by atoms with Gasteiger partial charge in [-0.05, 0) is 18.2 Å². The van der Waals surface area contributed by atoms with Gasteiger partial charge in [-0.3, -0.25) is 14.7 Å². The molecule has 0 bridgehead atoms. The zero-order valence-electron chi connectivity index (χ0n) is 8.90. The van der Waals surface area contributed by atoms with E-state index < -0.39 is 19.9 Å². The molecule has 0 saturated heterocycles. The summed E-state index contributed by atoms with van der Waals surface area (Å²) in [6.07, 6.45) is 0. The Morgan fingerprint density at radius 2 is 1.89 bits per heavy atom. The van der Waals surface area contributed by atoms with Gasteiger partial charge in [0.1, 0.15) is 4.90 Å². The smallest absolute Gasteiger partial charge is 0.295 e. The SMILES string of the molecule is Nc1cc([N+](=O)[O-])c2cccc(S(=O)(=O)O)c2c1. The third kappa shape index (κ3) is 1.98. The molecule has 0 atom stereocenters. The van der Waals surface area contributed by atoms with Gasteiger partial charge in [0.05, 0.1) is 10.3 Å². The number of nitro groups is 1. The van der Waals surface area contributed by atoms with Crippen LogP contribution >= 0.6 is 0 Å². The zero-order valence-corrected chi connectivity index (χ0v) is 9.72. The number of nitrogen functional groups attached to an aromatic ring is 1. The zero-order chi connectivity index (χ0) is 13.5. The topological polar surface area (TPSA) is 124 Å². The van der Waals surface area contributed by atoms with Gasteiger partial charge in [0, 0.05) is 17.1 Å². The highest BCUT2D eigenvalue weighted by atomic mass is 32.2. The van der Waals surface area contributed by atoms with Gasteiger partial charge in [-0.25, -0.2) is 0 Å². The van der Waals surface area contributed by atoms with Gasteiger partial charge in [0.15, 0.2) is 0 Å². The molecule has 0 amide bonds. The first-order chi connectivity index (χ1) is 8.30. The van der Waals surface area contributed by atoms with Crippen molar-refractivity contribution in [2.24, 2.45) is 0 Å². The molecule has 0 saturated carbocycles. The average Bonchev–Trinajstić information content (AvgIpc) is 2.25. The van der Waals surface area contributed by atoms with Crippen molar-refractivity contribution < 1.29 is 17.9 Å².